The number of aliphatic hydroxyl groups excluding tert-OH is 1. The molecule has 13 heavy (non-hydrogen) atoms. The monoisotopic (exact) mass is 181 g/mol. The fourth-order valence-electron chi connectivity index (χ4n) is 3.90. The van der Waals surface area contributed by atoms with Crippen LogP contribution in [-0.2, 0) is 0 Å². The molecule has 0 amide bonds. The van der Waals surface area contributed by atoms with Crippen LogP contribution in [0.5, 0.6) is 0 Å². The molecule has 2 heteroatoms. The molecule has 0 radical (unpaired) electrons. The summed E-state index contributed by atoms with van der Waals surface area (Å²) in [6.07, 6.45) is 4.30. The van der Waals surface area contributed by atoms with Crippen molar-refractivity contribution in [3.05, 3.63) is 0 Å². The summed E-state index contributed by atoms with van der Waals surface area (Å²) in [4.78, 5) is 0. The van der Waals surface area contributed by atoms with Crippen LogP contribution < -0.4 is 5.32 Å². The van der Waals surface area contributed by atoms with E-state index in [0.29, 0.717) is 0 Å². The zero-order valence-electron chi connectivity index (χ0n) is 8.24. The van der Waals surface area contributed by atoms with Crippen LogP contribution in [0.15, 0.2) is 0 Å². The first kappa shape index (κ1) is 8.25. The van der Waals surface area contributed by atoms with Gasteiger partial charge in [0.15, 0.2) is 0 Å². The number of nitrogens with one attached hydrogen (secondary N) is 1. The Morgan fingerprint density at radius 3 is 2.46 bits per heavy atom. The van der Waals surface area contributed by atoms with E-state index in [1.807, 2.05) is 6.92 Å². The van der Waals surface area contributed by atoms with Gasteiger partial charge in [0.1, 0.15) is 0 Å². The minimum Gasteiger partial charge on any atom is -0.392 e. The van der Waals surface area contributed by atoms with Crippen molar-refractivity contribution >= 4 is 0 Å². The second-order valence-electron chi connectivity index (χ2n) is 5.27. The zero-order valence-corrected chi connectivity index (χ0v) is 8.24. The van der Waals surface area contributed by atoms with Crippen molar-refractivity contribution < 1.29 is 5.11 Å². The van der Waals surface area contributed by atoms with Crippen molar-refractivity contribution in [2.45, 2.75) is 38.3 Å². The first-order valence-corrected chi connectivity index (χ1v) is 5.69. The van der Waals surface area contributed by atoms with Gasteiger partial charge in [-0.15, -0.1) is 0 Å². The van der Waals surface area contributed by atoms with Crippen LogP contribution in [0.4, 0.5) is 0 Å². The molecule has 2 nitrogen and oxygen atoms in total. The van der Waals surface area contributed by atoms with Crippen LogP contribution in [0.1, 0.15) is 26.2 Å². The highest BCUT2D eigenvalue weighted by atomic mass is 16.3. The summed E-state index contributed by atoms with van der Waals surface area (Å²) in [6, 6.07) is 0.779. The van der Waals surface area contributed by atoms with Gasteiger partial charge in [0.05, 0.1) is 6.10 Å². The molecular weight excluding hydrogens is 162 g/mol. The van der Waals surface area contributed by atoms with Gasteiger partial charge in [0, 0.05) is 12.6 Å². The standard InChI is InChI=1S/C11H19NO/c1-6(13)5-12-11-9-7-2-3-8(4-7)10(9)11/h6-13H,2-5H2,1H3/t6-,7?,8?,9?,10?,11?/m0/s1. The lowest BCUT2D eigenvalue weighted by atomic mass is 10.0. The molecule has 2 N–H and O–H groups in total. The summed E-state index contributed by atoms with van der Waals surface area (Å²) in [6.45, 7) is 2.65. The number of aliphatic hydroxyl groups is 1. The van der Waals surface area contributed by atoms with Gasteiger partial charge in [0.25, 0.3) is 0 Å². The largest absolute Gasteiger partial charge is 0.392 e. The topological polar surface area (TPSA) is 32.3 Å². The van der Waals surface area contributed by atoms with Gasteiger partial charge >= 0.3 is 0 Å². The Hall–Kier alpha value is -0.0800. The van der Waals surface area contributed by atoms with Crippen molar-refractivity contribution in [2.24, 2.45) is 23.7 Å². The smallest absolute Gasteiger partial charge is 0.0636 e. The predicted octanol–water partition coefficient (Wildman–Crippen LogP) is 1.00. The molecule has 0 spiro atoms. The molecule has 3 aliphatic carbocycles. The van der Waals surface area contributed by atoms with Crippen molar-refractivity contribution in [3.8, 4) is 0 Å². The Morgan fingerprint density at radius 1 is 1.31 bits per heavy atom. The van der Waals surface area contributed by atoms with E-state index in [-0.39, 0.29) is 6.10 Å². The molecule has 2 bridgehead atoms. The molecular formula is C11H19NO. The highest BCUT2D eigenvalue weighted by molar-refractivity contribution is 5.16. The quantitative estimate of drug-likeness (QED) is 0.681. The maximum absolute atomic E-state index is 9.18. The van der Waals surface area contributed by atoms with Gasteiger partial charge in [-0.05, 0) is 49.9 Å². The molecule has 0 saturated heterocycles. The average Bonchev–Trinajstić information content (AvgIpc) is 2.51. The lowest BCUT2D eigenvalue weighted by molar-refractivity contribution is 0.188. The maximum Gasteiger partial charge on any atom is 0.0636 e. The van der Waals surface area contributed by atoms with Gasteiger partial charge in [-0.2, -0.15) is 0 Å². The third-order valence-electron chi connectivity index (χ3n) is 4.38. The molecule has 5 atom stereocenters. The Kier molecular flexibility index (Phi) is 1.72. The van der Waals surface area contributed by atoms with Crippen molar-refractivity contribution in [3.63, 3.8) is 0 Å². The molecule has 3 fully saturated rings. The summed E-state index contributed by atoms with van der Waals surface area (Å²) in [5.41, 5.74) is 0. The molecule has 3 saturated carbocycles. The van der Waals surface area contributed by atoms with Crippen LogP contribution in [0.3, 0.4) is 0 Å². The SMILES string of the molecule is C[C@H](O)CNC1C2C3CCC(C3)C12. The van der Waals surface area contributed by atoms with Gasteiger partial charge in [-0.25, -0.2) is 0 Å². The van der Waals surface area contributed by atoms with Gasteiger partial charge in [0.2, 0.25) is 0 Å². The molecule has 0 aromatic heterocycles. The molecule has 3 aliphatic rings. The zero-order chi connectivity index (χ0) is 9.00. The van der Waals surface area contributed by atoms with Gasteiger partial charge in [-0.1, -0.05) is 0 Å². The summed E-state index contributed by atoms with van der Waals surface area (Å²) >= 11 is 0. The van der Waals surface area contributed by atoms with Crippen molar-refractivity contribution in [2.75, 3.05) is 6.54 Å². The van der Waals surface area contributed by atoms with Crippen molar-refractivity contribution in [1.82, 2.24) is 5.32 Å². The van der Waals surface area contributed by atoms with E-state index in [1.165, 1.54) is 19.3 Å². The fraction of sp³-hybridized carbons (Fsp3) is 1.00. The summed E-state index contributed by atoms with van der Waals surface area (Å²) in [5, 5.41) is 12.7. The van der Waals surface area contributed by atoms with Crippen LogP contribution in [0.2, 0.25) is 0 Å². The number of fused-ring (bicyclic) bond motifs is 5. The van der Waals surface area contributed by atoms with Crippen molar-refractivity contribution in [1.29, 1.82) is 0 Å². The Bertz CT molecular complexity index is 200. The first-order valence-electron chi connectivity index (χ1n) is 5.69. The third-order valence-corrected chi connectivity index (χ3v) is 4.38. The maximum atomic E-state index is 9.18. The number of rotatable bonds is 3. The Morgan fingerprint density at radius 2 is 1.92 bits per heavy atom. The molecule has 0 aliphatic heterocycles. The van der Waals surface area contributed by atoms with E-state index >= 15 is 0 Å². The molecule has 0 aromatic rings. The van der Waals surface area contributed by atoms with E-state index in [4.69, 9.17) is 0 Å². The Labute approximate surface area is 79.7 Å². The summed E-state index contributed by atoms with van der Waals surface area (Å²) in [5.74, 6) is 4.08. The minimum absolute atomic E-state index is 0.182. The summed E-state index contributed by atoms with van der Waals surface area (Å²) in [7, 11) is 0. The molecule has 0 aromatic carbocycles. The average molecular weight is 181 g/mol. The third kappa shape index (κ3) is 1.15. The Balaban J connectivity index is 1.55. The number of hydrogen-bond donors (Lipinski definition) is 2. The van der Waals surface area contributed by atoms with Crippen LogP contribution in [0.25, 0.3) is 0 Å². The highest BCUT2D eigenvalue weighted by Gasteiger charge is 2.64. The molecule has 3 rings (SSSR count). The normalized spacial score (nSPS) is 53.5. The fourth-order valence-corrected chi connectivity index (χ4v) is 3.90. The van der Waals surface area contributed by atoms with Crippen LogP contribution >= 0.6 is 0 Å². The first-order chi connectivity index (χ1) is 6.27. The van der Waals surface area contributed by atoms with E-state index in [9.17, 15) is 5.11 Å². The summed E-state index contributed by atoms with van der Waals surface area (Å²) < 4.78 is 0. The lowest BCUT2D eigenvalue weighted by Gasteiger charge is -2.11. The van der Waals surface area contributed by atoms with Gasteiger partial charge in [-0.3, -0.25) is 0 Å². The van der Waals surface area contributed by atoms with E-state index in [1.54, 1.807) is 0 Å². The van der Waals surface area contributed by atoms with E-state index in [2.05, 4.69) is 5.32 Å². The second-order valence-corrected chi connectivity index (χ2v) is 5.27. The van der Waals surface area contributed by atoms with E-state index in [0.717, 1.165) is 36.3 Å². The highest BCUT2D eigenvalue weighted by Crippen LogP contribution is 2.65. The van der Waals surface area contributed by atoms with Crippen LogP contribution in [0, 0.1) is 23.7 Å². The molecule has 0 heterocycles. The number of hydrogen-bond acceptors (Lipinski definition) is 2. The van der Waals surface area contributed by atoms with Gasteiger partial charge < -0.3 is 10.4 Å². The molecule has 4 unspecified atom stereocenters. The van der Waals surface area contributed by atoms with Crippen LogP contribution in [-0.4, -0.2) is 23.8 Å². The predicted molar refractivity (Wildman–Crippen MR) is 51.3 cm³/mol. The molecule has 74 valence electrons. The minimum atomic E-state index is -0.182. The lowest BCUT2D eigenvalue weighted by Crippen LogP contribution is -2.29. The second kappa shape index (κ2) is 2.71. The van der Waals surface area contributed by atoms with E-state index < -0.39 is 0 Å².